The van der Waals surface area contributed by atoms with Crippen molar-refractivity contribution in [2.24, 2.45) is 0 Å². The van der Waals surface area contributed by atoms with Gasteiger partial charge in [-0.15, -0.1) is 0 Å². The van der Waals surface area contributed by atoms with E-state index in [4.69, 9.17) is 0 Å². The third-order valence-electron chi connectivity index (χ3n) is 3.29. The van der Waals surface area contributed by atoms with E-state index in [2.05, 4.69) is 0 Å². The Morgan fingerprint density at radius 1 is 1.31 bits per heavy atom. The van der Waals surface area contributed by atoms with Gasteiger partial charge in [-0.05, 0) is 24.5 Å². The van der Waals surface area contributed by atoms with Gasteiger partial charge in [0, 0.05) is 24.2 Å². The van der Waals surface area contributed by atoms with Gasteiger partial charge in [0.05, 0.1) is 0 Å². The van der Waals surface area contributed by atoms with E-state index >= 15 is 0 Å². The normalized spacial score (nSPS) is 17.8. The van der Waals surface area contributed by atoms with E-state index < -0.39 is 0 Å². The molecule has 1 heterocycles. The second kappa shape index (κ2) is 3.44. The standard InChI is InChI=1S/C13H12FNO/c14-12-6-2-5-10-7-15(8-11(10)12)13(16)9-3-1-4-9/h2-3,5-6H,1,4,7-8H2. The van der Waals surface area contributed by atoms with Gasteiger partial charge in [0.15, 0.2) is 0 Å². The number of hydrogen-bond donors (Lipinski definition) is 0. The van der Waals surface area contributed by atoms with E-state index in [0.717, 1.165) is 24.0 Å². The van der Waals surface area contributed by atoms with E-state index in [0.29, 0.717) is 18.7 Å². The largest absolute Gasteiger partial charge is 0.330 e. The maximum atomic E-state index is 13.5. The van der Waals surface area contributed by atoms with Crippen LogP contribution in [0.5, 0.6) is 0 Å². The van der Waals surface area contributed by atoms with Crippen molar-refractivity contribution in [3.05, 3.63) is 46.8 Å². The molecule has 1 aliphatic heterocycles. The number of fused-ring (bicyclic) bond motifs is 1. The molecule has 16 heavy (non-hydrogen) atoms. The first-order valence-corrected chi connectivity index (χ1v) is 5.50. The van der Waals surface area contributed by atoms with Crippen molar-refractivity contribution in [1.29, 1.82) is 0 Å². The van der Waals surface area contributed by atoms with Crippen molar-refractivity contribution in [2.45, 2.75) is 25.9 Å². The minimum absolute atomic E-state index is 0.0712. The Bertz CT molecular complexity index is 493. The van der Waals surface area contributed by atoms with Gasteiger partial charge in [-0.1, -0.05) is 18.2 Å². The number of amides is 1. The fourth-order valence-electron chi connectivity index (χ4n) is 2.21. The Kier molecular flexibility index (Phi) is 2.06. The van der Waals surface area contributed by atoms with Crippen molar-refractivity contribution in [2.75, 3.05) is 0 Å². The zero-order valence-electron chi connectivity index (χ0n) is 8.87. The molecule has 0 fully saturated rings. The van der Waals surface area contributed by atoms with Crippen molar-refractivity contribution in [3.8, 4) is 0 Å². The maximum absolute atomic E-state index is 13.5. The lowest BCUT2D eigenvalue weighted by molar-refractivity contribution is -0.128. The van der Waals surface area contributed by atoms with Crippen LogP contribution in [0.3, 0.4) is 0 Å². The molecule has 1 aliphatic carbocycles. The molecule has 0 aromatic heterocycles. The summed E-state index contributed by atoms with van der Waals surface area (Å²) in [4.78, 5) is 13.7. The molecule has 82 valence electrons. The number of halogens is 1. The summed E-state index contributed by atoms with van der Waals surface area (Å²) in [5, 5.41) is 0. The molecular weight excluding hydrogens is 205 g/mol. The molecule has 0 radical (unpaired) electrons. The zero-order valence-corrected chi connectivity index (χ0v) is 8.87. The van der Waals surface area contributed by atoms with Crippen LogP contribution in [0.2, 0.25) is 0 Å². The molecule has 1 aromatic rings. The van der Waals surface area contributed by atoms with E-state index in [1.807, 2.05) is 12.1 Å². The Hall–Kier alpha value is -1.64. The predicted octanol–water partition coefficient (Wildman–Crippen LogP) is 2.39. The highest BCUT2D eigenvalue weighted by molar-refractivity contribution is 5.94. The summed E-state index contributed by atoms with van der Waals surface area (Å²) in [5.74, 6) is -0.128. The van der Waals surface area contributed by atoms with Crippen LogP contribution in [0.15, 0.2) is 29.8 Å². The SMILES string of the molecule is O=C(C1=CCC1)N1Cc2cccc(F)c2C1. The average molecular weight is 217 g/mol. The first kappa shape index (κ1) is 9.58. The molecule has 0 spiro atoms. The van der Waals surface area contributed by atoms with Crippen molar-refractivity contribution >= 4 is 5.91 Å². The molecule has 2 nitrogen and oxygen atoms in total. The quantitative estimate of drug-likeness (QED) is 0.707. The number of nitrogens with zero attached hydrogens (tertiary/aromatic N) is 1. The van der Waals surface area contributed by atoms with Crippen LogP contribution in [0, 0.1) is 5.82 Å². The molecule has 3 rings (SSSR count). The molecule has 3 heteroatoms. The molecule has 2 aliphatic rings. The molecular formula is C13H12FNO. The van der Waals surface area contributed by atoms with E-state index in [-0.39, 0.29) is 11.7 Å². The smallest absolute Gasteiger partial charge is 0.250 e. The van der Waals surface area contributed by atoms with E-state index in [1.54, 1.807) is 11.0 Å². The highest BCUT2D eigenvalue weighted by atomic mass is 19.1. The second-order valence-electron chi connectivity index (χ2n) is 4.31. The van der Waals surface area contributed by atoms with Gasteiger partial charge < -0.3 is 4.90 Å². The summed E-state index contributed by atoms with van der Waals surface area (Å²) < 4.78 is 13.5. The molecule has 1 amide bonds. The van der Waals surface area contributed by atoms with E-state index in [9.17, 15) is 9.18 Å². The number of allylic oxidation sites excluding steroid dienone is 1. The Balaban J connectivity index is 1.85. The Morgan fingerprint density at radius 3 is 2.75 bits per heavy atom. The van der Waals surface area contributed by atoms with Crippen molar-refractivity contribution < 1.29 is 9.18 Å². The summed E-state index contributed by atoms with van der Waals surface area (Å²) in [6.45, 7) is 0.960. The molecule has 0 unspecified atom stereocenters. The van der Waals surface area contributed by atoms with Crippen LogP contribution in [0.1, 0.15) is 24.0 Å². The number of benzene rings is 1. The molecule has 0 N–H and O–H groups in total. The zero-order chi connectivity index (χ0) is 11.1. The maximum Gasteiger partial charge on any atom is 0.250 e. The summed E-state index contributed by atoms with van der Waals surface area (Å²) in [6, 6.07) is 5.04. The summed E-state index contributed by atoms with van der Waals surface area (Å²) >= 11 is 0. The molecule has 0 atom stereocenters. The second-order valence-corrected chi connectivity index (χ2v) is 4.31. The fraction of sp³-hybridized carbons (Fsp3) is 0.308. The van der Waals surface area contributed by atoms with Gasteiger partial charge in [-0.3, -0.25) is 4.79 Å². The van der Waals surface area contributed by atoms with Gasteiger partial charge in [0.1, 0.15) is 5.82 Å². The molecule has 0 saturated heterocycles. The van der Waals surface area contributed by atoms with Crippen molar-refractivity contribution in [1.82, 2.24) is 4.90 Å². The lowest BCUT2D eigenvalue weighted by Gasteiger charge is -2.21. The lowest BCUT2D eigenvalue weighted by Crippen LogP contribution is -2.28. The average Bonchev–Trinajstić information content (AvgIpc) is 2.60. The third-order valence-corrected chi connectivity index (χ3v) is 3.29. The van der Waals surface area contributed by atoms with Crippen LogP contribution in [-0.4, -0.2) is 10.8 Å². The number of hydrogen-bond acceptors (Lipinski definition) is 1. The van der Waals surface area contributed by atoms with Gasteiger partial charge in [0.25, 0.3) is 0 Å². The van der Waals surface area contributed by atoms with Crippen LogP contribution in [0.4, 0.5) is 4.39 Å². The molecule has 1 aromatic carbocycles. The first-order valence-electron chi connectivity index (χ1n) is 5.50. The monoisotopic (exact) mass is 217 g/mol. The number of carbonyl (C=O) groups excluding carboxylic acids is 1. The fourth-order valence-corrected chi connectivity index (χ4v) is 2.21. The topological polar surface area (TPSA) is 20.3 Å². The van der Waals surface area contributed by atoms with Crippen LogP contribution in [0.25, 0.3) is 0 Å². The highest BCUT2D eigenvalue weighted by Crippen LogP contribution is 2.29. The highest BCUT2D eigenvalue weighted by Gasteiger charge is 2.28. The number of carbonyl (C=O) groups is 1. The first-order chi connectivity index (χ1) is 7.75. The number of rotatable bonds is 1. The van der Waals surface area contributed by atoms with Crippen LogP contribution < -0.4 is 0 Å². The minimum atomic E-state index is -0.199. The minimum Gasteiger partial charge on any atom is -0.330 e. The van der Waals surface area contributed by atoms with Gasteiger partial charge in [-0.25, -0.2) is 4.39 Å². The van der Waals surface area contributed by atoms with Gasteiger partial charge in [0.2, 0.25) is 5.91 Å². The van der Waals surface area contributed by atoms with Crippen LogP contribution in [-0.2, 0) is 17.9 Å². The van der Waals surface area contributed by atoms with Crippen molar-refractivity contribution in [3.63, 3.8) is 0 Å². The predicted molar refractivity (Wildman–Crippen MR) is 58.0 cm³/mol. The summed E-state index contributed by atoms with van der Waals surface area (Å²) in [7, 11) is 0. The molecule has 0 bridgehead atoms. The van der Waals surface area contributed by atoms with Crippen LogP contribution >= 0.6 is 0 Å². The molecule has 0 saturated carbocycles. The third kappa shape index (κ3) is 1.35. The van der Waals surface area contributed by atoms with Gasteiger partial charge in [-0.2, -0.15) is 0 Å². The Labute approximate surface area is 93.4 Å². The lowest BCUT2D eigenvalue weighted by atomic mass is 9.98. The summed E-state index contributed by atoms with van der Waals surface area (Å²) in [6.07, 6.45) is 3.83. The Morgan fingerprint density at radius 2 is 2.12 bits per heavy atom. The van der Waals surface area contributed by atoms with E-state index in [1.165, 1.54) is 6.07 Å². The summed E-state index contributed by atoms with van der Waals surface area (Å²) in [5.41, 5.74) is 2.50. The van der Waals surface area contributed by atoms with Gasteiger partial charge >= 0.3 is 0 Å².